The number of methoxy groups -OCH3 is 3. The number of rotatable bonds is 7. The van der Waals surface area contributed by atoms with Crippen LogP contribution in [0, 0.1) is 0 Å². The summed E-state index contributed by atoms with van der Waals surface area (Å²) in [5.74, 6) is -0.0411. The second-order valence-electron chi connectivity index (χ2n) is 5.06. The van der Waals surface area contributed by atoms with Crippen LogP contribution >= 0.6 is 11.6 Å². The Balaban J connectivity index is 2.77. The highest BCUT2D eigenvalue weighted by Crippen LogP contribution is 2.44. The van der Waals surface area contributed by atoms with E-state index in [1.165, 1.54) is 27.4 Å². The highest BCUT2D eigenvalue weighted by atomic mass is 35.5. The number of hydrogen-bond acceptors (Lipinski definition) is 4. The van der Waals surface area contributed by atoms with E-state index >= 15 is 0 Å². The summed E-state index contributed by atoms with van der Waals surface area (Å²) in [6, 6.07) is 7.49. The first-order chi connectivity index (χ1) is 11.5. The van der Waals surface area contributed by atoms with Crippen LogP contribution in [0.4, 0.5) is 0 Å². The van der Waals surface area contributed by atoms with Gasteiger partial charge in [-0.15, -0.1) is 0 Å². The summed E-state index contributed by atoms with van der Waals surface area (Å²) in [7, 11) is 4.57. The van der Waals surface area contributed by atoms with Crippen molar-refractivity contribution in [2.24, 2.45) is 0 Å². The molecule has 2 aromatic rings. The highest BCUT2D eigenvalue weighted by molar-refractivity contribution is 6.35. The zero-order chi connectivity index (χ0) is 17.7. The lowest BCUT2D eigenvalue weighted by Crippen LogP contribution is -2.04. The Bertz CT molecular complexity index is 783. The summed E-state index contributed by atoms with van der Waals surface area (Å²) in [5, 5.41) is 11.3. The molecule has 0 radical (unpaired) electrons. The maximum absolute atomic E-state index is 11.5. The molecule has 0 bridgehead atoms. The molecule has 24 heavy (non-hydrogen) atoms. The van der Waals surface area contributed by atoms with Crippen LogP contribution in [0.15, 0.2) is 29.8 Å². The summed E-state index contributed by atoms with van der Waals surface area (Å²) in [6.45, 7) is 0.294. The molecular formula is C18H19ClO5. The standard InChI is InChI=1S/C18H19ClO5/c1-22-9-8-11(18(20)21)10-14-15(19)17(24-3)13-7-5-4-6-12(13)16(14)23-2/h4-7,10H,8-9H2,1-3H3,(H,20,21)/b11-10-. The number of carboxylic acids is 1. The third-order valence-electron chi connectivity index (χ3n) is 3.67. The zero-order valence-corrected chi connectivity index (χ0v) is 14.5. The van der Waals surface area contributed by atoms with Gasteiger partial charge in [0.1, 0.15) is 11.5 Å². The molecule has 0 aliphatic carbocycles. The minimum Gasteiger partial charge on any atom is -0.495 e. The maximum atomic E-state index is 11.5. The van der Waals surface area contributed by atoms with E-state index < -0.39 is 5.97 Å². The van der Waals surface area contributed by atoms with Gasteiger partial charge >= 0.3 is 5.97 Å². The predicted octanol–water partition coefficient (Wildman–Crippen LogP) is 4.01. The Hall–Kier alpha value is -2.24. The van der Waals surface area contributed by atoms with Gasteiger partial charge in [0, 0.05) is 35.4 Å². The van der Waals surface area contributed by atoms with Crippen molar-refractivity contribution in [3.05, 3.63) is 40.4 Å². The van der Waals surface area contributed by atoms with Gasteiger partial charge in [-0.1, -0.05) is 35.9 Å². The van der Waals surface area contributed by atoms with Gasteiger partial charge in [0.15, 0.2) is 0 Å². The van der Waals surface area contributed by atoms with E-state index in [0.29, 0.717) is 28.7 Å². The minimum atomic E-state index is -1.03. The van der Waals surface area contributed by atoms with E-state index in [1.54, 1.807) is 0 Å². The average Bonchev–Trinajstić information content (AvgIpc) is 2.58. The molecule has 0 aliphatic heterocycles. The van der Waals surface area contributed by atoms with Crippen LogP contribution in [0.2, 0.25) is 5.02 Å². The Morgan fingerprint density at radius 1 is 1.12 bits per heavy atom. The summed E-state index contributed by atoms with van der Waals surface area (Å²) in [5.41, 5.74) is 0.651. The molecule has 0 heterocycles. The first-order valence-electron chi connectivity index (χ1n) is 7.30. The van der Waals surface area contributed by atoms with E-state index in [2.05, 4.69) is 0 Å². The summed E-state index contributed by atoms with van der Waals surface area (Å²) >= 11 is 6.48. The van der Waals surface area contributed by atoms with Crippen LogP contribution in [0.5, 0.6) is 11.5 Å². The molecule has 0 aliphatic rings. The number of ether oxygens (including phenoxy) is 3. The quantitative estimate of drug-likeness (QED) is 0.764. The SMILES string of the molecule is COCC/C(=C/c1c(Cl)c(OC)c2ccccc2c1OC)C(=O)O. The second-order valence-corrected chi connectivity index (χ2v) is 5.44. The van der Waals surface area contributed by atoms with Crippen LogP contribution in [0.25, 0.3) is 16.8 Å². The number of halogens is 1. The van der Waals surface area contributed by atoms with E-state index in [-0.39, 0.29) is 12.0 Å². The topological polar surface area (TPSA) is 65.0 Å². The van der Waals surface area contributed by atoms with Crippen molar-refractivity contribution < 1.29 is 24.1 Å². The fourth-order valence-corrected chi connectivity index (χ4v) is 2.86. The van der Waals surface area contributed by atoms with Crippen LogP contribution < -0.4 is 9.47 Å². The molecule has 6 heteroatoms. The van der Waals surface area contributed by atoms with Crippen LogP contribution in [-0.4, -0.2) is 39.0 Å². The number of carbonyl (C=O) groups is 1. The van der Waals surface area contributed by atoms with Crippen molar-refractivity contribution in [3.8, 4) is 11.5 Å². The lowest BCUT2D eigenvalue weighted by Gasteiger charge is -2.16. The molecule has 5 nitrogen and oxygen atoms in total. The summed E-state index contributed by atoms with van der Waals surface area (Å²) < 4.78 is 15.9. The molecule has 2 rings (SSSR count). The third-order valence-corrected chi connectivity index (χ3v) is 4.05. The third kappa shape index (κ3) is 3.47. The normalized spacial score (nSPS) is 11.6. The first kappa shape index (κ1) is 18.1. The number of fused-ring (bicyclic) bond motifs is 1. The Kier molecular flexibility index (Phi) is 6.06. The van der Waals surface area contributed by atoms with Gasteiger partial charge in [-0.2, -0.15) is 0 Å². The first-order valence-corrected chi connectivity index (χ1v) is 7.67. The monoisotopic (exact) mass is 350 g/mol. The van der Waals surface area contributed by atoms with E-state index in [9.17, 15) is 9.90 Å². The van der Waals surface area contributed by atoms with Crippen molar-refractivity contribution in [1.29, 1.82) is 0 Å². The van der Waals surface area contributed by atoms with Gasteiger partial charge in [0.05, 0.1) is 25.8 Å². The van der Waals surface area contributed by atoms with Gasteiger partial charge in [-0.25, -0.2) is 4.79 Å². The van der Waals surface area contributed by atoms with Crippen LogP contribution in [-0.2, 0) is 9.53 Å². The molecular weight excluding hydrogens is 332 g/mol. The van der Waals surface area contributed by atoms with E-state index in [0.717, 1.165) is 10.8 Å². The Labute approximate surface area is 145 Å². The molecule has 1 N–H and O–H groups in total. The molecule has 0 aromatic heterocycles. The molecule has 0 amide bonds. The number of hydrogen-bond donors (Lipinski definition) is 1. The zero-order valence-electron chi connectivity index (χ0n) is 13.8. The van der Waals surface area contributed by atoms with E-state index in [1.807, 2.05) is 24.3 Å². The number of carboxylic acid groups (broad SMARTS) is 1. The van der Waals surface area contributed by atoms with Crippen molar-refractivity contribution >= 4 is 34.4 Å². The molecule has 0 saturated heterocycles. The maximum Gasteiger partial charge on any atom is 0.331 e. The minimum absolute atomic E-state index is 0.175. The second kappa shape index (κ2) is 8.04. The number of aliphatic carboxylic acids is 1. The van der Waals surface area contributed by atoms with Crippen molar-refractivity contribution in [2.45, 2.75) is 6.42 Å². The lowest BCUT2D eigenvalue weighted by molar-refractivity contribution is -0.132. The van der Waals surface area contributed by atoms with Gasteiger partial charge in [0.25, 0.3) is 0 Å². The molecule has 2 aromatic carbocycles. The van der Waals surface area contributed by atoms with Crippen LogP contribution in [0.3, 0.4) is 0 Å². The average molecular weight is 351 g/mol. The Morgan fingerprint density at radius 3 is 2.21 bits per heavy atom. The molecule has 0 unspecified atom stereocenters. The van der Waals surface area contributed by atoms with Crippen LogP contribution in [0.1, 0.15) is 12.0 Å². The summed E-state index contributed by atoms with van der Waals surface area (Å²) in [4.78, 5) is 11.5. The van der Waals surface area contributed by atoms with Gasteiger partial charge in [0.2, 0.25) is 0 Å². The van der Waals surface area contributed by atoms with Crippen molar-refractivity contribution in [1.82, 2.24) is 0 Å². The molecule has 0 atom stereocenters. The van der Waals surface area contributed by atoms with Crippen molar-refractivity contribution in [3.63, 3.8) is 0 Å². The fraction of sp³-hybridized carbons (Fsp3) is 0.278. The smallest absolute Gasteiger partial charge is 0.331 e. The molecule has 0 saturated carbocycles. The lowest BCUT2D eigenvalue weighted by atomic mass is 10.0. The highest BCUT2D eigenvalue weighted by Gasteiger charge is 2.20. The predicted molar refractivity (Wildman–Crippen MR) is 94.2 cm³/mol. The van der Waals surface area contributed by atoms with Gasteiger partial charge in [-0.05, 0) is 6.08 Å². The fourth-order valence-electron chi connectivity index (χ4n) is 2.54. The number of benzene rings is 2. The van der Waals surface area contributed by atoms with Gasteiger partial charge in [-0.3, -0.25) is 0 Å². The largest absolute Gasteiger partial charge is 0.495 e. The van der Waals surface area contributed by atoms with E-state index in [4.69, 9.17) is 25.8 Å². The molecule has 128 valence electrons. The molecule has 0 spiro atoms. The Morgan fingerprint density at radius 2 is 1.71 bits per heavy atom. The molecule has 0 fully saturated rings. The summed E-state index contributed by atoms with van der Waals surface area (Å²) in [6.07, 6.45) is 1.76. The van der Waals surface area contributed by atoms with Crippen molar-refractivity contribution in [2.75, 3.05) is 27.9 Å². The van der Waals surface area contributed by atoms with Gasteiger partial charge < -0.3 is 19.3 Å².